The van der Waals surface area contributed by atoms with Crippen LogP contribution in [0, 0.1) is 0 Å². The summed E-state index contributed by atoms with van der Waals surface area (Å²) in [6.07, 6.45) is 0. The third kappa shape index (κ3) is 5.46. The molecule has 0 spiro atoms. The number of benzene rings is 2. The molecule has 2 aromatic rings. The predicted octanol–water partition coefficient (Wildman–Crippen LogP) is 5.58. The number of hydrogen-bond donors (Lipinski definition) is 1. The number of rotatable bonds is 6. The fraction of sp³-hybridized carbons (Fsp3) is 0.350. The summed E-state index contributed by atoms with van der Waals surface area (Å²) in [7, 11) is 1.91. The second kappa shape index (κ2) is 8.70. The summed E-state index contributed by atoms with van der Waals surface area (Å²) >= 11 is 12.0. The lowest BCUT2D eigenvalue weighted by molar-refractivity contribution is -0.120. The van der Waals surface area contributed by atoms with Crippen molar-refractivity contribution in [2.45, 2.75) is 39.3 Å². The monoisotopic (exact) mass is 378 g/mol. The molecule has 0 aliphatic rings. The lowest BCUT2D eigenvalue weighted by Gasteiger charge is -2.24. The Morgan fingerprint density at radius 3 is 2.24 bits per heavy atom. The lowest BCUT2D eigenvalue weighted by atomic mass is 10.0. The van der Waals surface area contributed by atoms with Crippen LogP contribution in [0.2, 0.25) is 10.0 Å². The van der Waals surface area contributed by atoms with E-state index in [2.05, 4.69) is 19.2 Å². The van der Waals surface area contributed by atoms with Crippen LogP contribution in [0.15, 0.2) is 42.5 Å². The van der Waals surface area contributed by atoms with Crippen LogP contribution >= 0.6 is 23.2 Å². The Bertz CT molecular complexity index is 729. The highest BCUT2D eigenvalue weighted by Crippen LogP contribution is 2.23. The zero-order chi connectivity index (χ0) is 18.6. The predicted molar refractivity (Wildman–Crippen MR) is 107 cm³/mol. The Morgan fingerprint density at radius 1 is 1.04 bits per heavy atom. The average Bonchev–Trinajstić information content (AvgIpc) is 2.57. The molecule has 134 valence electrons. The molecule has 0 saturated heterocycles. The van der Waals surface area contributed by atoms with Gasteiger partial charge in [0.25, 0.3) is 0 Å². The average molecular weight is 379 g/mol. The van der Waals surface area contributed by atoms with Crippen molar-refractivity contribution < 1.29 is 4.79 Å². The van der Waals surface area contributed by atoms with E-state index in [0.29, 0.717) is 22.5 Å². The number of amides is 1. The molecule has 1 atom stereocenters. The molecule has 2 rings (SSSR count). The van der Waals surface area contributed by atoms with E-state index in [1.165, 1.54) is 5.56 Å². The van der Waals surface area contributed by atoms with E-state index in [1.54, 1.807) is 6.07 Å². The van der Waals surface area contributed by atoms with E-state index in [1.807, 2.05) is 55.3 Å². The van der Waals surface area contributed by atoms with Gasteiger partial charge in [-0.15, -0.1) is 0 Å². The van der Waals surface area contributed by atoms with E-state index < -0.39 is 0 Å². The van der Waals surface area contributed by atoms with Crippen LogP contribution in [0.25, 0.3) is 0 Å². The maximum absolute atomic E-state index is 12.5. The Hall–Kier alpha value is -1.55. The van der Waals surface area contributed by atoms with Crippen LogP contribution in [0.3, 0.4) is 0 Å². The minimum atomic E-state index is -0.278. The number of anilines is 1. The van der Waals surface area contributed by atoms with Crippen molar-refractivity contribution in [3.63, 3.8) is 0 Å². The van der Waals surface area contributed by atoms with Crippen LogP contribution in [-0.2, 0) is 11.3 Å². The smallest absolute Gasteiger partial charge is 0.241 e. The summed E-state index contributed by atoms with van der Waals surface area (Å²) in [5.41, 5.74) is 3.07. The van der Waals surface area contributed by atoms with Crippen molar-refractivity contribution in [3.05, 3.63) is 63.6 Å². The van der Waals surface area contributed by atoms with Crippen molar-refractivity contribution in [1.82, 2.24) is 4.90 Å². The molecule has 25 heavy (non-hydrogen) atoms. The number of nitrogens with one attached hydrogen (secondary N) is 1. The number of likely N-dealkylation sites (N-methyl/N-ethyl adjacent to an activating group) is 1. The SMILES string of the molecule is CC(C)c1ccc(NC(=O)C(C)N(C)Cc2ccc(Cl)c(Cl)c2)cc1. The molecule has 0 fully saturated rings. The Kier molecular flexibility index (Phi) is 6.88. The second-order valence-electron chi connectivity index (χ2n) is 6.61. The van der Waals surface area contributed by atoms with Crippen molar-refractivity contribution in [3.8, 4) is 0 Å². The fourth-order valence-corrected chi connectivity index (χ4v) is 2.78. The third-order valence-corrected chi connectivity index (χ3v) is 5.04. The van der Waals surface area contributed by atoms with Crippen LogP contribution in [-0.4, -0.2) is 23.9 Å². The highest BCUT2D eigenvalue weighted by Gasteiger charge is 2.18. The van der Waals surface area contributed by atoms with Gasteiger partial charge in [-0.1, -0.05) is 55.2 Å². The molecule has 5 heteroatoms. The van der Waals surface area contributed by atoms with Crippen LogP contribution in [0.4, 0.5) is 5.69 Å². The summed E-state index contributed by atoms with van der Waals surface area (Å²) in [5, 5.41) is 4.02. The number of carbonyl (C=O) groups excluding carboxylic acids is 1. The van der Waals surface area contributed by atoms with Gasteiger partial charge in [0.15, 0.2) is 0 Å². The van der Waals surface area contributed by atoms with Crippen molar-refractivity contribution >= 4 is 34.8 Å². The first-order valence-corrected chi connectivity index (χ1v) is 9.08. The zero-order valence-corrected chi connectivity index (χ0v) is 16.5. The largest absolute Gasteiger partial charge is 0.325 e. The molecule has 2 aromatic carbocycles. The molecule has 0 bridgehead atoms. The molecule has 0 saturated carbocycles. The van der Waals surface area contributed by atoms with Gasteiger partial charge < -0.3 is 5.32 Å². The molecular formula is C20H24Cl2N2O. The Morgan fingerprint density at radius 2 is 1.68 bits per heavy atom. The molecule has 3 nitrogen and oxygen atoms in total. The quantitative estimate of drug-likeness (QED) is 0.711. The molecule has 0 aliphatic heterocycles. The van der Waals surface area contributed by atoms with Crippen LogP contribution in [0.5, 0.6) is 0 Å². The van der Waals surface area contributed by atoms with Gasteiger partial charge in [-0.2, -0.15) is 0 Å². The normalized spacial score (nSPS) is 12.5. The maximum Gasteiger partial charge on any atom is 0.241 e. The molecular weight excluding hydrogens is 355 g/mol. The fourth-order valence-electron chi connectivity index (χ4n) is 2.46. The molecule has 1 N–H and O–H groups in total. The van der Waals surface area contributed by atoms with Gasteiger partial charge in [0.1, 0.15) is 0 Å². The Labute approximate surface area is 159 Å². The topological polar surface area (TPSA) is 32.3 Å². The lowest BCUT2D eigenvalue weighted by Crippen LogP contribution is -2.39. The second-order valence-corrected chi connectivity index (χ2v) is 7.42. The van der Waals surface area contributed by atoms with Gasteiger partial charge in [-0.05, 0) is 55.3 Å². The van der Waals surface area contributed by atoms with E-state index in [4.69, 9.17) is 23.2 Å². The number of halogens is 2. The number of hydrogen-bond acceptors (Lipinski definition) is 2. The zero-order valence-electron chi connectivity index (χ0n) is 15.0. The van der Waals surface area contributed by atoms with E-state index >= 15 is 0 Å². The number of nitrogens with zero attached hydrogens (tertiary/aromatic N) is 1. The molecule has 0 aliphatic carbocycles. The molecule has 0 aromatic heterocycles. The van der Waals surface area contributed by atoms with E-state index in [0.717, 1.165) is 11.3 Å². The number of carbonyl (C=O) groups is 1. The minimum absolute atomic E-state index is 0.0418. The first kappa shape index (κ1) is 19.8. The summed E-state index contributed by atoms with van der Waals surface area (Å²) in [6.45, 7) is 6.79. The Balaban J connectivity index is 1.97. The van der Waals surface area contributed by atoms with Gasteiger partial charge in [0.05, 0.1) is 16.1 Å². The molecule has 1 unspecified atom stereocenters. The van der Waals surface area contributed by atoms with Crippen LogP contribution in [0.1, 0.15) is 37.8 Å². The molecule has 0 heterocycles. The summed E-state index contributed by atoms with van der Waals surface area (Å²) < 4.78 is 0. The highest BCUT2D eigenvalue weighted by atomic mass is 35.5. The van der Waals surface area contributed by atoms with Crippen molar-refractivity contribution in [2.24, 2.45) is 0 Å². The van der Waals surface area contributed by atoms with Gasteiger partial charge in [-0.3, -0.25) is 9.69 Å². The summed E-state index contributed by atoms with van der Waals surface area (Å²) in [6, 6.07) is 13.2. The summed E-state index contributed by atoms with van der Waals surface area (Å²) in [5.74, 6) is 0.431. The van der Waals surface area contributed by atoms with Gasteiger partial charge >= 0.3 is 0 Å². The maximum atomic E-state index is 12.5. The van der Waals surface area contributed by atoms with Crippen LogP contribution < -0.4 is 5.32 Å². The van der Waals surface area contributed by atoms with Gasteiger partial charge in [-0.25, -0.2) is 0 Å². The highest BCUT2D eigenvalue weighted by molar-refractivity contribution is 6.42. The van der Waals surface area contributed by atoms with Gasteiger partial charge in [0.2, 0.25) is 5.91 Å². The van der Waals surface area contributed by atoms with Crippen molar-refractivity contribution in [1.29, 1.82) is 0 Å². The molecule has 0 radical (unpaired) electrons. The standard InChI is InChI=1S/C20H24Cl2N2O/c1-13(2)16-6-8-17(9-7-16)23-20(25)14(3)24(4)12-15-5-10-18(21)19(22)11-15/h5-11,13-14H,12H2,1-4H3,(H,23,25). The minimum Gasteiger partial charge on any atom is -0.325 e. The summed E-state index contributed by atoms with van der Waals surface area (Å²) in [4.78, 5) is 14.5. The molecule has 1 amide bonds. The van der Waals surface area contributed by atoms with E-state index in [9.17, 15) is 4.79 Å². The first-order chi connectivity index (χ1) is 11.8. The van der Waals surface area contributed by atoms with Gasteiger partial charge in [0, 0.05) is 12.2 Å². The van der Waals surface area contributed by atoms with E-state index in [-0.39, 0.29) is 11.9 Å². The third-order valence-electron chi connectivity index (χ3n) is 4.30. The first-order valence-electron chi connectivity index (χ1n) is 8.33. The van der Waals surface area contributed by atoms with Crippen molar-refractivity contribution in [2.75, 3.05) is 12.4 Å².